The van der Waals surface area contributed by atoms with Crippen LogP contribution in [-0.2, 0) is 4.74 Å². The van der Waals surface area contributed by atoms with E-state index < -0.39 is 0 Å². The van der Waals surface area contributed by atoms with Crippen LogP contribution in [0.4, 0.5) is 5.82 Å². The van der Waals surface area contributed by atoms with E-state index in [4.69, 9.17) is 4.74 Å². The van der Waals surface area contributed by atoms with Crippen LogP contribution < -0.4 is 10.5 Å². The van der Waals surface area contributed by atoms with Gasteiger partial charge in [-0.2, -0.15) is 0 Å². The van der Waals surface area contributed by atoms with Crippen molar-refractivity contribution < 1.29 is 4.74 Å². The molecule has 0 spiro atoms. The van der Waals surface area contributed by atoms with Crippen molar-refractivity contribution in [1.82, 2.24) is 9.97 Å². The third-order valence-corrected chi connectivity index (χ3v) is 3.89. The minimum Gasteiger partial charge on any atom is -0.378 e. The minimum absolute atomic E-state index is 0.0671. The van der Waals surface area contributed by atoms with Crippen molar-refractivity contribution in [3.8, 4) is 0 Å². The molecule has 1 aromatic rings. The molecule has 1 saturated heterocycles. The van der Waals surface area contributed by atoms with Crippen LogP contribution in [0.5, 0.6) is 0 Å². The summed E-state index contributed by atoms with van der Waals surface area (Å²) >= 11 is 2.05. The molecule has 0 bridgehead atoms. The van der Waals surface area contributed by atoms with E-state index in [0.717, 1.165) is 38.4 Å². The molecule has 1 aliphatic rings. The summed E-state index contributed by atoms with van der Waals surface area (Å²) in [6.07, 6.45) is 3.82. The first-order valence-corrected chi connectivity index (χ1v) is 6.90. The van der Waals surface area contributed by atoms with Crippen molar-refractivity contribution in [3.63, 3.8) is 0 Å². The summed E-state index contributed by atoms with van der Waals surface area (Å²) in [6, 6.07) is 0. The highest BCUT2D eigenvalue weighted by molar-refractivity contribution is 14.1. The highest BCUT2D eigenvalue weighted by atomic mass is 127. The molecule has 0 unspecified atom stereocenters. The average molecular weight is 349 g/mol. The van der Waals surface area contributed by atoms with E-state index in [-0.39, 0.29) is 5.56 Å². The van der Waals surface area contributed by atoms with E-state index in [9.17, 15) is 4.79 Å². The smallest absolute Gasteiger partial charge is 0.266 e. The Morgan fingerprint density at radius 3 is 2.94 bits per heavy atom. The maximum atomic E-state index is 11.5. The molecule has 6 heteroatoms. The second-order valence-electron chi connectivity index (χ2n) is 4.01. The molecule has 94 valence electrons. The van der Waals surface area contributed by atoms with Gasteiger partial charge in [0.15, 0.2) is 0 Å². The molecule has 2 rings (SSSR count). The molecule has 0 aromatic carbocycles. The summed E-state index contributed by atoms with van der Waals surface area (Å²) in [6.45, 7) is 4.59. The fourth-order valence-corrected chi connectivity index (χ4v) is 2.70. The molecule has 1 aliphatic heterocycles. The molecule has 17 heavy (non-hydrogen) atoms. The van der Waals surface area contributed by atoms with Gasteiger partial charge in [-0.15, -0.1) is 0 Å². The lowest BCUT2D eigenvalue weighted by Crippen LogP contribution is -2.38. The molecule has 0 saturated carbocycles. The Morgan fingerprint density at radius 2 is 2.29 bits per heavy atom. The van der Waals surface area contributed by atoms with Gasteiger partial charge in [-0.25, -0.2) is 4.98 Å². The number of ether oxygens (including phenoxy) is 1. The van der Waals surface area contributed by atoms with Crippen LogP contribution >= 0.6 is 22.6 Å². The van der Waals surface area contributed by atoms with Gasteiger partial charge in [-0.3, -0.25) is 4.79 Å². The normalized spacial score (nSPS) is 17.4. The molecule has 5 nitrogen and oxygen atoms in total. The van der Waals surface area contributed by atoms with E-state index in [1.807, 2.05) is 6.92 Å². The van der Waals surface area contributed by atoms with Crippen LogP contribution in [0.3, 0.4) is 0 Å². The molecule has 1 N–H and O–H groups in total. The summed E-state index contributed by atoms with van der Waals surface area (Å²) < 4.78 is 6.27. The van der Waals surface area contributed by atoms with Gasteiger partial charge >= 0.3 is 0 Å². The number of nitrogens with zero attached hydrogens (tertiary/aromatic N) is 2. The quantitative estimate of drug-likeness (QED) is 0.838. The second-order valence-corrected chi connectivity index (χ2v) is 5.09. The van der Waals surface area contributed by atoms with Crippen molar-refractivity contribution in [3.05, 3.63) is 20.3 Å². The first-order valence-electron chi connectivity index (χ1n) is 5.82. The number of hydrogen-bond donors (Lipinski definition) is 1. The van der Waals surface area contributed by atoms with Crippen LogP contribution in [0.25, 0.3) is 0 Å². The Bertz CT molecular complexity index is 427. The van der Waals surface area contributed by atoms with Crippen LogP contribution in [0.2, 0.25) is 0 Å². The zero-order valence-corrected chi connectivity index (χ0v) is 11.9. The van der Waals surface area contributed by atoms with Crippen molar-refractivity contribution in [2.75, 3.05) is 24.6 Å². The number of H-pyrrole nitrogens is 1. The van der Waals surface area contributed by atoms with E-state index in [1.165, 1.54) is 6.33 Å². The molecular formula is C11H16IN3O2. The number of aromatic amines is 1. The molecule has 0 radical (unpaired) electrons. The van der Waals surface area contributed by atoms with Gasteiger partial charge in [0.2, 0.25) is 0 Å². The number of halogens is 1. The van der Waals surface area contributed by atoms with Crippen molar-refractivity contribution in [2.24, 2.45) is 0 Å². The maximum absolute atomic E-state index is 11.5. The standard InChI is InChI=1S/C11H16IN3O2/c1-2-17-8-3-5-15(6-4-8)10-9(12)11(16)14-7-13-10/h7-8H,2-6H2,1H3,(H,13,14,16). The lowest BCUT2D eigenvalue weighted by atomic mass is 10.1. The third-order valence-electron chi connectivity index (χ3n) is 2.92. The third kappa shape index (κ3) is 2.98. The fraction of sp³-hybridized carbons (Fsp3) is 0.636. The first kappa shape index (κ1) is 12.8. The predicted octanol–water partition coefficient (Wildman–Crippen LogP) is 1.38. The molecular weight excluding hydrogens is 333 g/mol. The Morgan fingerprint density at radius 1 is 1.59 bits per heavy atom. The maximum Gasteiger partial charge on any atom is 0.266 e. The highest BCUT2D eigenvalue weighted by Crippen LogP contribution is 2.21. The Kier molecular flexibility index (Phi) is 4.38. The zero-order valence-electron chi connectivity index (χ0n) is 9.78. The Hall–Kier alpha value is -0.630. The number of piperidine rings is 1. The van der Waals surface area contributed by atoms with Gasteiger partial charge in [-0.1, -0.05) is 0 Å². The summed E-state index contributed by atoms with van der Waals surface area (Å²) in [5.41, 5.74) is -0.0671. The second kappa shape index (κ2) is 5.81. The van der Waals surface area contributed by atoms with Gasteiger partial charge in [-0.05, 0) is 42.4 Å². The van der Waals surface area contributed by atoms with Crippen LogP contribution in [0.15, 0.2) is 11.1 Å². The predicted molar refractivity (Wildman–Crippen MR) is 74.4 cm³/mol. The molecule has 0 aliphatic carbocycles. The number of anilines is 1. The van der Waals surface area contributed by atoms with Crippen LogP contribution in [0, 0.1) is 3.57 Å². The largest absolute Gasteiger partial charge is 0.378 e. The monoisotopic (exact) mass is 349 g/mol. The van der Waals surface area contributed by atoms with E-state index in [1.54, 1.807) is 0 Å². The van der Waals surface area contributed by atoms with E-state index in [2.05, 4.69) is 37.5 Å². The van der Waals surface area contributed by atoms with Crippen molar-refractivity contribution >= 4 is 28.4 Å². The molecule has 1 fully saturated rings. The van der Waals surface area contributed by atoms with Crippen LogP contribution in [-0.4, -0.2) is 35.8 Å². The first-order chi connectivity index (χ1) is 8.22. The summed E-state index contributed by atoms with van der Waals surface area (Å²) in [5.74, 6) is 0.796. The van der Waals surface area contributed by atoms with Crippen molar-refractivity contribution in [1.29, 1.82) is 0 Å². The summed E-state index contributed by atoms with van der Waals surface area (Å²) in [5, 5.41) is 0. The van der Waals surface area contributed by atoms with Crippen LogP contribution in [0.1, 0.15) is 19.8 Å². The SMILES string of the molecule is CCOC1CCN(c2nc[nH]c(=O)c2I)CC1. The molecule has 0 atom stereocenters. The van der Waals surface area contributed by atoms with E-state index in [0.29, 0.717) is 9.67 Å². The lowest BCUT2D eigenvalue weighted by molar-refractivity contribution is 0.0458. The van der Waals surface area contributed by atoms with Crippen molar-refractivity contribution in [2.45, 2.75) is 25.9 Å². The summed E-state index contributed by atoms with van der Waals surface area (Å²) in [4.78, 5) is 20.5. The number of rotatable bonds is 3. The number of nitrogens with one attached hydrogen (secondary N) is 1. The minimum atomic E-state index is -0.0671. The van der Waals surface area contributed by atoms with Gasteiger partial charge in [0, 0.05) is 19.7 Å². The van der Waals surface area contributed by atoms with Gasteiger partial charge < -0.3 is 14.6 Å². The lowest BCUT2D eigenvalue weighted by Gasteiger charge is -2.32. The highest BCUT2D eigenvalue weighted by Gasteiger charge is 2.22. The number of hydrogen-bond acceptors (Lipinski definition) is 4. The van der Waals surface area contributed by atoms with Gasteiger partial charge in [0.25, 0.3) is 5.56 Å². The van der Waals surface area contributed by atoms with Gasteiger partial charge in [0.1, 0.15) is 9.39 Å². The molecule has 2 heterocycles. The van der Waals surface area contributed by atoms with Gasteiger partial charge in [0.05, 0.1) is 12.4 Å². The summed E-state index contributed by atoms with van der Waals surface area (Å²) in [7, 11) is 0. The molecule has 1 aromatic heterocycles. The number of aromatic nitrogens is 2. The topological polar surface area (TPSA) is 58.2 Å². The average Bonchev–Trinajstić information content (AvgIpc) is 2.34. The Balaban J connectivity index is 2.05. The zero-order chi connectivity index (χ0) is 12.3. The fourth-order valence-electron chi connectivity index (χ4n) is 2.06. The molecule has 0 amide bonds. The van der Waals surface area contributed by atoms with E-state index >= 15 is 0 Å². The Labute approximate surface area is 114 Å².